The fraction of sp³-hybridized carbons (Fsp3) is 0.476. The minimum Gasteiger partial charge on any atom is -0.480 e. The first-order valence-electron chi connectivity index (χ1n) is 9.75. The number of carbonyl (C=O) groups excluding carboxylic acids is 2. The highest BCUT2D eigenvalue weighted by Gasteiger charge is 2.28. The van der Waals surface area contributed by atoms with Crippen molar-refractivity contribution in [1.29, 1.82) is 0 Å². The third kappa shape index (κ3) is 6.65. The molecule has 9 heteroatoms. The maximum absolute atomic E-state index is 12.5. The van der Waals surface area contributed by atoms with Crippen LogP contribution in [0.3, 0.4) is 0 Å². The average Bonchev–Trinajstić information content (AvgIpc) is 2.70. The summed E-state index contributed by atoms with van der Waals surface area (Å²) in [5, 5.41) is 12.6. The number of aliphatic carboxylic acids is 1. The van der Waals surface area contributed by atoms with Crippen LogP contribution in [-0.4, -0.2) is 52.2 Å². The quantitative estimate of drug-likeness (QED) is 0.455. The van der Waals surface area contributed by atoms with Gasteiger partial charge in [0, 0.05) is 35.2 Å². The molecule has 1 atom stereocenters. The highest BCUT2D eigenvalue weighted by Crippen LogP contribution is 2.37. The minimum atomic E-state index is -1.07. The van der Waals surface area contributed by atoms with Crippen LogP contribution in [0.5, 0.6) is 0 Å². The Kier molecular flexibility index (Phi) is 9.07. The molecular formula is C21H26Cl2N2O4S. The summed E-state index contributed by atoms with van der Waals surface area (Å²) in [6.45, 7) is 6.43. The average molecular weight is 473 g/mol. The molecule has 0 unspecified atom stereocenters. The maximum Gasteiger partial charge on any atom is 0.325 e. The minimum absolute atomic E-state index is 0.166. The lowest BCUT2D eigenvalue weighted by Gasteiger charge is -2.31. The summed E-state index contributed by atoms with van der Waals surface area (Å²) in [6, 6.07) is 2.80. The van der Waals surface area contributed by atoms with Crippen LogP contribution in [0.2, 0.25) is 10.0 Å². The van der Waals surface area contributed by atoms with Crippen molar-refractivity contribution >= 4 is 58.8 Å². The second-order valence-corrected chi connectivity index (χ2v) is 9.82. The number of piperidine rings is 1. The third-order valence-electron chi connectivity index (χ3n) is 4.75. The molecule has 1 aromatic rings. The van der Waals surface area contributed by atoms with Gasteiger partial charge in [-0.1, -0.05) is 43.1 Å². The summed E-state index contributed by atoms with van der Waals surface area (Å²) >= 11 is 14.3. The topological polar surface area (TPSA) is 86.7 Å². The molecule has 1 aliphatic heterocycles. The van der Waals surface area contributed by atoms with Crippen LogP contribution in [0.15, 0.2) is 23.1 Å². The van der Waals surface area contributed by atoms with Gasteiger partial charge in [0.05, 0.1) is 10.0 Å². The highest BCUT2D eigenvalue weighted by atomic mass is 35.5. The molecule has 1 aliphatic rings. The van der Waals surface area contributed by atoms with Gasteiger partial charge in [-0.3, -0.25) is 14.4 Å². The van der Waals surface area contributed by atoms with E-state index in [9.17, 15) is 14.4 Å². The van der Waals surface area contributed by atoms with E-state index in [-0.39, 0.29) is 17.7 Å². The number of carboxylic acid groups (broad SMARTS) is 1. The zero-order valence-corrected chi connectivity index (χ0v) is 19.5. The number of thioether (sulfide) groups is 1. The van der Waals surface area contributed by atoms with E-state index in [0.29, 0.717) is 46.8 Å². The van der Waals surface area contributed by atoms with Gasteiger partial charge in [0.2, 0.25) is 11.8 Å². The number of hydrogen-bond acceptors (Lipinski definition) is 4. The first kappa shape index (κ1) is 24.6. The third-order valence-corrected chi connectivity index (χ3v) is 6.83. The Morgan fingerprint density at radius 2 is 1.80 bits per heavy atom. The lowest BCUT2D eigenvalue weighted by molar-refractivity contribution is -0.142. The Hall–Kier alpha value is -1.70. The molecule has 0 saturated carbocycles. The fourth-order valence-corrected chi connectivity index (χ4v) is 4.49. The largest absolute Gasteiger partial charge is 0.480 e. The molecule has 1 saturated heterocycles. The van der Waals surface area contributed by atoms with Gasteiger partial charge in [-0.2, -0.15) is 0 Å². The predicted octanol–water partition coefficient (Wildman–Crippen LogP) is 4.34. The lowest BCUT2D eigenvalue weighted by atomic mass is 9.95. The Morgan fingerprint density at radius 3 is 2.37 bits per heavy atom. The van der Waals surface area contributed by atoms with E-state index in [1.54, 1.807) is 22.7 Å². The van der Waals surface area contributed by atoms with Gasteiger partial charge in [-0.05, 0) is 37.5 Å². The second-order valence-electron chi connectivity index (χ2n) is 7.45. The fourth-order valence-electron chi connectivity index (χ4n) is 3.04. The highest BCUT2D eigenvalue weighted by molar-refractivity contribution is 8.00. The molecule has 1 heterocycles. The van der Waals surface area contributed by atoms with Crippen molar-refractivity contribution in [3.8, 4) is 0 Å². The van der Waals surface area contributed by atoms with E-state index in [1.807, 2.05) is 12.1 Å². The Labute approximate surface area is 191 Å². The predicted molar refractivity (Wildman–Crippen MR) is 121 cm³/mol. The molecule has 0 aliphatic carbocycles. The van der Waals surface area contributed by atoms with E-state index >= 15 is 0 Å². The molecule has 0 spiro atoms. The van der Waals surface area contributed by atoms with Crippen LogP contribution in [0.4, 0.5) is 0 Å². The summed E-state index contributed by atoms with van der Waals surface area (Å²) in [5.74, 6) is -1.82. The van der Waals surface area contributed by atoms with E-state index in [0.717, 1.165) is 4.90 Å². The van der Waals surface area contributed by atoms with Crippen LogP contribution < -0.4 is 5.32 Å². The molecule has 1 fully saturated rings. The van der Waals surface area contributed by atoms with Crippen LogP contribution >= 0.6 is 35.0 Å². The van der Waals surface area contributed by atoms with Crippen LogP contribution in [-0.2, 0) is 14.4 Å². The monoisotopic (exact) mass is 472 g/mol. The number of hydrogen-bond donors (Lipinski definition) is 2. The van der Waals surface area contributed by atoms with Gasteiger partial charge < -0.3 is 15.3 Å². The van der Waals surface area contributed by atoms with Crippen molar-refractivity contribution in [2.24, 2.45) is 5.92 Å². The molecule has 0 bridgehead atoms. The number of carboxylic acids is 1. The second kappa shape index (κ2) is 11.1. The Morgan fingerprint density at radius 1 is 1.17 bits per heavy atom. The molecule has 1 aromatic carbocycles. The lowest BCUT2D eigenvalue weighted by Crippen LogP contribution is -2.46. The van der Waals surface area contributed by atoms with Crippen molar-refractivity contribution in [3.05, 3.63) is 33.8 Å². The normalized spacial score (nSPS) is 16.1. The number of halogens is 2. The number of nitrogens with zero attached hydrogens (tertiary/aromatic N) is 1. The Bertz CT molecular complexity index is 837. The van der Waals surface area contributed by atoms with Gasteiger partial charge in [-0.25, -0.2) is 0 Å². The molecule has 2 amide bonds. The zero-order chi connectivity index (χ0) is 22.4. The SMILES string of the molecule is CC(C)Sc1ccc(/C=C/C(=O)N2CCC(C(=O)N[C@@H](C)C(=O)O)CC2)c(Cl)c1Cl. The summed E-state index contributed by atoms with van der Waals surface area (Å²) in [7, 11) is 0. The molecule has 2 rings (SSSR count). The van der Waals surface area contributed by atoms with Gasteiger partial charge in [0.15, 0.2) is 0 Å². The number of benzene rings is 1. The number of nitrogens with one attached hydrogen (secondary N) is 1. The summed E-state index contributed by atoms with van der Waals surface area (Å²) in [4.78, 5) is 38.1. The van der Waals surface area contributed by atoms with Crippen molar-refractivity contribution in [2.45, 2.75) is 49.8 Å². The van der Waals surface area contributed by atoms with E-state index in [1.165, 1.54) is 13.0 Å². The molecule has 2 N–H and O–H groups in total. The number of carbonyl (C=O) groups is 3. The standard InChI is InChI=1S/C21H26Cl2N2O4S/c1-12(2)30-16-6-4-14(18(22)19(16)23)5-7-17(26)25-10-8-15(9-11-25)20(27)24-13(3)21(28)29/h4-7,12-13,15H,8-11H2,1-3H3,(H,24,27)(H,28,29)/b7-5+/t13-/m0/s1. The first-order valence-corrected chi connectivity index (χ1v) is 11.4. The first-order chi connectivity index (χ1) is 14.1. The van der Waals surface area contributed by atoms with E-state index in [2.05, 4.69) is 19.2 Å². The summed E-state index contributed by atoms with van der Waals surface area (Å²) in [6.07, 6.45) is 4.09. The molecule has 0 radical (unpaired) electrons. The molecule has 30 heavy (non-hydrogen) atoms. The number of rotatable bonds is 7. The van der Waals surface area contributed by atoms with Crippen molar-refractivity contribution in [3.63, 3.8) is 0 Å². The van der Waals surface area contributed by atoms with Crippen LogP contribution in [0.25, 0.3) is 6.08 Å². The maximum atomic E-state index is 12.5. The molecular weight excluding hydrogens is 447 g/mol. The van der Waals surface area contributed by atoms with Crippen molar-refractivity contribution in [1.82, 2.24) is 10.2 Å². The smallest absolute Gasteiger partial charge is 0.325 e. The zero-order valence-electron chi connectivity index (χ0n) is 17.2. The summed E-state index contributed by atoms with van der Waals surface area (Å²) in [5.41, 5.74) is 0.667. The van der Waals surface area contributed by atoms with Crippen LogP contribution in [0, 0.1) is 5.92 Å². The van der Waals surface area contributed by atoms with Gasteiger partial charge in [-0.15, -0.1) is 11.8 Å². The van der Waals surface area contributed by atoms with Gasteiger partial charge >= 0.3 is 5.97 Å². The Balaban J connectivity index is 1.93. The molecule has 0 aromatic heterocycles. The number of likely N-dealkylation sites (tertiary alicyclic amines) is 1. The summed E-state index contributed by atoms with van der Waals surface area (Å²) < 4.78 is 0. The molecule has 6 nitrogen and oxygen atoms in total. The van der Waals surface area contributed by atoms with Crippen molar-refractivity contribution < 1.29 is 19.5 Å². The van der Waals surface area contributed by atoms with Gasteiger partial charge in [0.25, 0.3) is 0 Å². The van der Waals surface area contributed by atoms with Crippen LogP contribution in [0.1, 0.15) is 39.2 Å². The van der Waals surface area contributed by atoms with Gasteiger partial charge in [0.1, 0.15) is 6.04 Å². The van der Waals surface area contributed by atoms with E-state index in [4.69, 9.17) is 28.3 Å². The van der Waals surface area contributed by atoms with Crippen molar-refractivity contribution in [2.75, 3.05) is 13.1 Å². The molecule has 164 valence electrons. The number of amides is 2. The van der Waals surface area contributed by atoms with E-state index < -0.39 is 12.0 Å².